The van der Waals surface area contributed by atoms with E-state index in [0.29, 0.717) is 17.2 Å². The van der Waals surface area contributed by atoms with Crippen LogP contribution in [0.2, 0.25) is 0 Å². The topological polar surface area (TPSA) is 115 Å². The number of methoxy groups -OCH3 is 1. The van der Waals surface area contributed by atoms with Crippen LogP contribution in [-0.4, -0.2) is 43.9 Å². The number of hydrogen-bond acceptors (Lipinski definition) is 7. The monoisotopic (exact) mass is 632 g/mol. The number of aromatic nitrogens is 1. The highest BCUT2D eigenvalue weighted by Crippen LogP contribution is 2.44. The number of alkyl halides is 3. The van der Waals surface area contributed by atoms with Crippen LogP contribution in [-0.2, 0) is 10.0 Å². The van der Waals surface area contributed by atoms with E-state index in [1.807, 2.05) is 0 Å². The summed E-state index contributed by atoms with van der Waals surface area (Å²) in [5, 5.41) is 9.65. The zero-order valence-corrected chi connectivity index (χ0v) is 24.0. The lowest BCUT2D eigenvalue weighted by Crippen LogP contribution is -2.24. The average molecular weight is 633 g/mol. The van der Waals surface area contributed by atoms with Crippen LogP contribution in [0.15, 0.2) is 40.7 Å². The summed E-state index contributed by atoms with van der Waals surface area (Å²) in [4.78, 5) is 15.2. The molecule has 0 bridgehead atoms. The van der Waals surface area contributed by atoms with Crippen molar-refractivity contribution in [2.24, 2.45) is 5.92 Å². The second kappa shape index (κ2) is 11.9. The van der Waals surface area contributed by atoms with Crippen molar-refractivity contribution >= 4 is 38.6 Å². The fourth-order valence-electron chi connectivity index (χ4n) is 4.37. The third kappa shape index (κ3) is 6.51. The molecular weight excluding hydrogens is 607 g/mol. The number of rotatable bonds is 9. The van der Waals surface area contributed by atoms with Gasteiger partial charge in [0.05, 0.1) is 35.9 Å². The number of benzene rings is 2. The summed E-state index contributed by atoms with van der Waals surface area (Å²) in [5.74, 6) is -5.57. The first kappa shape index (κ1) is 31.2. The van der Waals surface area contributed by atoms with Gasteiger partial charge >= 0.3 is 12.1 Å². The number of carboxylic acids is 1. The van der Waals surface area contributed by atoms with Crippen molar-refractivity contribution in [3.8, 4) is 22.1 Å². The first-order chi connectivity index (χ1) is 19.6. The van der Waals surface area contributed by atoms with Gasteiger partial charge in [-0.3, -0.25) is 4.72 Å². The number of sulfonamides is 1. The number of nitrogens with zero attached hydrogens (tertiary/aromatic N) is 1. The number of anilines is 1. The van der Waals surface area contributed by atoms with Crippen molar-refractivity contribution in [2.75, 3.05) is 11.8 Å². The van der Waals surface area contributed by atoms with Crippen LogP contribution in [0.25, 0.3) is 16.1 Å². The van der Waals surface area contributed by atoms with Gasteiger partial charge in [-0.25, -0.2) is 18.6 Å². The Morgan fingerprint density at radius 2 is 1.88 bits per heavy atom. The summed E-state index contributed by atoms with van der Waals surface area (Å²) in [6.45, 7) is 3.31. The number of ether oxygens (including phenoxy) is 2. The molecule has 226 valence electrons. The van der Waals surface area contributed by atoms with Gasteiger partial charge < -0.3 is 14.6 Å². The van der Waals surface area contributed by atoms with Crippen LogP contribution in [0.5, 0.6) is 11.5 Å². The number of thiazole rings is 1. The predicted molar refractivity (Wildman–Crippen MR) is 145 cm³/mol. The van der Waals surface area contributed by atoms with E-state index in [1.165, 1.54) is 18.2 Å². The van der Waals surface area contributed by atoms with E-state index in [9.17, 15) is 30.8 Å². The average Bonchev–Trinajstić information content (AvgIpc) is 3.40. The van der Waals surface area contributed by atoms with E-state index in [4.69, 9.17) is 14.6 Å². The molecule has 2 aromatic carbocycles. The van der Waals surface area contributed by atoms with Gasteiger partial charge in [-0.15, -0.1) is 11.3 Å². The van der Waals surface area contributed by atoms with Crippen molar-refractivity contribution < 1.29 is 49.7 Å². The fourth-order valence-corrected chi connectivity index (χ4v) is 6.54. The summed E-state index contributed by atoms with van der Waals surface area (Å²) < 4.78 is 108. The molecule has 15 heteroatoms. The van der Waals surface area contributed by atoms with Crippen molar-refractivity contribution in [1.29, 1.82) is 0 Å². The molecule has 1 heterocycles. The molecule has 2 N–H and O–H groups in total. The second-order valence-corrected chi connectivity index (χ2v) is 12.1. The van der Waals surface area contributed by atoms with Gasteiger partial charge in [0.2, 0.25) is 0 Å². The first-order valence-electron chi connectivity index (χ1n) is 12.5. The minimum absolute atomic E-state index is 0.0397. The molecule has 0 amide bonds. The molecule has 42 heavy (non-hydrogen) atoms. The van der Waals surface area contributed by atoms with Gasteiger partial charge in [0, 0.05) is 17.0 Å². The van der Waals surface area contributed by atoms with Crippen molar-refractivity contribution in [1.82, 2.24) is 4.98 Å². The molecule has 1 atom stereocenters. The lowest BCUT2D eigenvalue weighted by atomic mass is 9.85. The van der Waals surface area contributed by atoms with Crippen LogP contribution < -0.4 is 14.2 Å². The molecule has 8 nitrogen and oxygen atoms in total. The van der Waals surface area contributed by atoms with Crippen molar-refractivity contribution in [3.63, 3.8) is 0 Å². The number of aromatic carboxylic acids is 1. The van der Waals surface area contributed by atoms with E-state index in [1.54, 1.807) is 13.8 Å². The molecule has 0 saturated heterocycles. The minimum Gasteiger partial charge on any atom is -0.495 e. The minimum atomic E-state index is -4.47. The standard InChI is InChI=1S/C27H25F5N2O6S2/c1-13(2)40-24-16(14-4-6-15(7-5-14)27(30,31)32)8-9-17(23(24)29)25-33-22(12-41-25)42(37,38)34-20-11-19(28)18(26(35)36)10-21(20)39-3/h4,8-13,15,34H,5-7H2,1-3H3,(H,35,36). The molecule has 0 aliphatic heterocycles. The summed E-state index contributed by atoms with van der Waals surface area (Å²) in [6.07, 6.45) is -3.69. The zero-order chi connectivity index (χ0) is 31.0. The van der Waals surface area contributed by atoms with Crippen LogP contribution >= 0.6 is 11.3 Å². The molecule has 1 aliphatic carbocycles. The zero-order valence-electron chi connectivity index (χ0n) is 22.4. The Labute approximate surface area is 241 Å². The van der Waals surface area contributed by atoms with E-state index >= 15 is 4.39 Å². The van der Waals surface area contributed by atoms with Gasteiger partial charge in [0.1, 0.15) is 16.6 Å². The molecule has 4 rings (SSSR count). The molecule has 0 radical (unpaired) electrons. The Balaban J connectivity index is 1.67. The van der Waals surface area contributed by atoms with Crippen LogP contribution in [0.3, 0.4) is 0 Å². The summed E-state index contributed by atoms with van der Waals surface area (Å²) in [7, 11) is -3.33. The number of halogens is 5. The highest BCUT2D eigenvalue weighted by atomic mass is 32.2. The maximum Gasteiger partial charge on any atom is 0.392 e. The Morgan fingerprint density at radius 3 is 2.45 bits per heavy atom. The highest BCUT2D eigenvalue weighted by molar-refractivity contribution is 7.92. The third-order valence-corrected chi connectivity index (χ3v) is 8.70. The summed E-state index contributed by atoms with van der Waals surface area (Å²) in [6, 6.07) is 4.32. The lowest BCUT2D eigenvalue weighted by molar-refractivity contribution is -0.175. The summed E-state index contributed by atoms with van der Waals surface area (Å²) in [5.41, 5.74) is -0.395. The van der Waals surface area contributed by atoms with Crippen LogP contribution in [0, 0.1) is 17.6 Å². The molecule has 1 aliphatic rings. The SMILES string of the molecule is COc1cc(C(=O)O)c(F)cc1NS(=O)(=O)c1csc(-c2ccc(C3=CCC(C(F)(F)F)CC3)c(OC(C)C)c2F)n1. The van der Waals surface area contributed by atoms with Gasteiger partial charge in [-0.1, -0.05) is 12.1 Å². The summed E-state index contributed by atoms with van der Waals surface area (Å²) >= 11 is 0.797. The van der Waals surface area contributed by atoms with Crippen molar-refractivity contribution in [3.05, 3.63) is 58.5 Å². The third-order valence-electron chi connectivity index (χ3n) is 6.42. The van der Waals surface area contributed by atoms with E-state index in [-0.39, 0.29) is 47.0 Å². The fraction of sp³-hybridized carbons (Fsp3) is 0.333. The van der Waals surface area contributed by atoms with E-state index in [0.717, 1.165) is 29.9 Å². The predicted octanol–water partition coefficient (Wildman–Crippen LogP) is 7.13. The van der Waals surface area contributed by atoms with Gasteiger partial charge in [-0.05, 0) is 50.8 Å². The molecule has 0 fully saturated rings. The molecule has 0 saturated carbocycles. The first-order valence-corrected chi connectivity index (χ1v) is 14.8. The van der Waals surface area contributed by atoms with Crippen molar-refractivity contribution in [2.45, 2.75) is 50.4 Å². The van der Waals surface area contributed by atoms with Crippen LogP contribution in [0.1, 0.15) is 49.0 Å². The van der Waals surface area contributed by atoms with E-state index < -0.39 is 56.4 Å². The van der Waals surface area contributed by atoms with Gasteiger partial charge in [0.25, 0.3) is 10.0 Å². The lowest BCUT2D eigenvalue weighted by Gasteiger charge is -2.26. The number of carboxylic acid groups (broad SMARTS) is 1. The Morgan fingerprint density at radius 1 is 1.19 bits per heavy atom. The second-order valence-electron chi connectivity index (χ2n) is 9.65. The molecule has 3 aromatic rings. The largest absolute Gasteiger partial charge is 0.495 e. The number of allylic oxidation sites excluding steroid dienone is 2. The molecule has 1 aromatic heterocycles. The number of carbonyl (C=O) groups is 1. The molecule has 1 unspecified atom stereocenters. The maximum atomic E-state index is 15.9. The maximum absolute atomic E-state index is 15.9. The smallest absolute Gasteiger partial charge is 0.392 e. The van der Waals surface area contributed by atoms with Gasteiger partial charge in [0.15, 0.2) is 16.6 Å². The molecule has 0 spiro atoms. The van der Waals surface area contributed by atoms with Crippen LogP contribution in [0.4, 0.5) is 27.6 Å². The Bertz CT molecular complexity index is 1650. The Hall–Kier alpha value is -3.72. The van der Waals surface area contributed by atoms with Gasteiger partial charge in [-0.2, -0.15) is 21.6 Å². The number of hydrogen-bond donors (Lipinski definition) is 2. The molecular formula is C27H25F5N2O6S2. The van der Waals surface area contributed by atoms with E-state index in [2.05, 4.69) is 9.71 Å². The normalized spacial score (nSPS) is 15.8. The highest BCUT2D eigenvalue weighted by Gasteiger charge is 2.40. The quantitative estimate of drug-likeness (QED) is 0.241. The number of nitrogens with one attached hydrogen (secondary N) is 1. The Kier molecular flexibility index (Phi) is 8.83.